The molecule has 3 aromatic carbocycles. The summed E-state index contributed by atoms with van der Waals surface area (Å²) in [5.41, 5.74) is 0.935. The monoisotopic (exact) mass is 619 g/mol. The lowest BCUT2D eigenvalue weighted by atomic mass is 10.2. The standard InChI is InChI=1S/C33H33NO11/c1-3-5-20-41-32(38)34-25-12-8-23(9-13-25)30(36)43-26-16-18-27(19-17-26)44-31(37)24-10-14-28(15-11-24)45-33(39)42-22-7-6-21-40-29(35)4-2/h4,8-19H,2-3,5-7,20-22H2,1H3,(H,34,38). The molecule has 1 N–H and O–H groups in total. The van der Waals surface area contributed by atoms with Gasteiger partial charge in [-0.3, -0.25) is 5.32 Å². The van der Waals surface area contributed by atoms with Gasteiger partial charge in [-0.1, -0.05) is 19.9 Å². The van der Waals surface area contributed by atoms with Crippen molar-refractivity contribution in [2.45, 2.75) is 32.6 Å². The number of hydrogen-bond acceptors (Lipinski definition) is 11. The molecule has 0 heterocycles. The van der Waals surface area contributed by atoms with Gasteiger partial charge in [-0.2, -0.15) is 0 Å². The van der Waals surface area contributed by atoms with E-state index in [1.165, 1.54) is 60.7 Å². The summed E-state index contributed by atoms with van der Waals surface area (Å²) in [6.45, 7) is 5.88. The van der Waals surface area contributed by atoms with E-state index in [1.54, 1.807) is 12.1 Å². The smallest absolute Gasteiger partial charge is 0.463 e. The molecule has 12 nitrogen and oxygen atoms in total. The van der Waals surface area contributed by atoms with Crippen LogP contribution < -0.4 is 19.5 Å². The number of nitrogens with one attached hydrogen (secondary N) is 1. The Kier molecular flexibility index (Phi) is 13.6. The molecule has 0 aliphatic heterocycles. The Morgan fingerprint density at radius 2 is 1.09 bits per heavy atom. The van der Waals surface area contributed by atoms with Gasteiger partial charge in [0.2, 0.25) is 0 Å². The van der Waals surface area contributed by atoms with Crippen LogP contribution in [-0.2, 0) is 19.0 Å². The highest BCUT2D eigenvalue weighted by atomic mass is 16.7. The number of ether oxygens (including phenoxy) is 6. The minimum atomic E-state index is -0.914. The average Bonchev–Trinajstić information content (AvgIpc) is 3.04. The topological polar surface area (TPSA) is 153 Å². The maximum atomic E-state index is 12.5. The molecule has 0 aromatic heterocycles. The molecule has 0 aliphatic rings. The van der Waals surface area contributed by atoms with E-state index in [9.17, 15) is 24.0 Å². The van der Waals surface area contributed by atoms with E-state index in [0.717, 1.165) is 18.9 Å². The van der Waals surface area contributed by atoms with Gasteiger partial charge >= 0.3 is 30.2 Å². The Morgan fingerprint density at radius 3 is 1.62 bits per heavy atom. The van der Waals surface area contributed by atoms with E-state index in [0.29, 0.717) is 25.1 Å². The first-order valence-electron chi connectivity index (χ1n) is 14.1. The number of benzene rings is 3. The highest BCUT2D eigenvalue weighted by molar-refractivity contribution is 5.93. The van der Waals surface area contributed by atoms with E-state index in [1.807, 2.05) is 6.92 Å². The maximum absolute atomic E-state index is 12.5. The van der Waals surface area contributed by atoms with E-state index in [-0.39, 0.29) is 41.6 Å². The highest BCUT2D eigenvalue weighted by Gasteiger charge is 2.13. The van der Waals surface area contributed by atoms with Crippen LogP contribution in [0.15, 0.2) is 85.5 Å². The van der Waals surface area contributed by atoms with Crippen LogP contribution in [0.25, 0.3) is 0 Å². The van der Waals surface area contributed by atoms with Gasteiger partial charge in [0, 0.05) is 11.8 Å². The van der Waals surface area contributed by atoms with Crippen LogP contribution in [-0.4, -0.2) is 50.0 Å². The van der Waals surface area contributed by atoms with Crippen LogP contribution in [0, 0.1) is 0 Å². The molecular formula is C33H33NO11. The Bertz CT molecular complexity index is 1450. The Labute approximate surface area is 259 Å². The molecule has 0 saturated carbocycles. The fourth-order valence-electron chi connectivity index (χ4n) is 3.44. The fourth-order valence-corrected chi connectivity index (χ4v) is 3.44. The van der Waals surface area contributed by atoms with Crippen LogP contribution in [0.2, 0.25) is 0 Å². The van der Waals surface area contributed by atoms with Crippen molar-refractivity contribution in [3.63, 3.8) is 0 Å². The zero-order valence-corrected chi connectivity index (χ0v) is 24.7. The molecule has 0 radical (unpaired) electrons. The quantitative estimate of drug-likeness (QED) is 0.0495. The Hall–Kier alpha value is -5.65. The summed E-state index contributed by atoms with van der Waals surface area (Å²) in [5.74, 6) is -1.19. The second-order valence-corrected chi connectivity index (χ2v) is 9.25. The minimum absolute atomic E-state index is 0.0797. The van der Waals surface area contributed by atoms with Gasteiger partial charge in [0.15, 0.2) is 0 Å². The predicted octanol–water partition coefficient (Wildman–Crippen LogP) is 6.50. The van der Waals surface area contributed by atoms with Crippen LogP contribution >= 0.6 is 0 Å². The lowest BCUT2D eigenvalue weighted by molar-refractivity contribution is -0.137. The number of hydrogen-bond donors (Lipinski definition) is 1. The summed E-state index contributed by atoms with van der Waals surface area (Å²) < 4.78 is 30.6. The molecule has 0 aliphatic carbocycles. The maximum Gasteiger partial charge on any atom is 0.513 e. The van der Waals surface area contributed by atoms with Crippen molar-refractivity contribution in [3.05, 3.63) is 96.6 Å². The lowest BCUT2D eigenvalue weighted by Crippen LogP contribution is -2.14. The number of carbonyl (C=O) groups is 5. The number of esters is 3. The van der Waals surface area contributed by atoms with Crippen LogP contribution in [0.5, 0.6) is 17.2 Å². The molecule has 0 unspecified atom stereocenters. The van der Waals surface area contributed by atoms with Crippen molar-refractivity contribution in [3.8, 4) is 17.2 Å². The molecule has 0 fully saturated rings. The molecule has 0 bridgehead atoms. The van der Waals surface area contributed by atoms with Crippen LogP contribution in [0.1, 0.15) is 53.3 Å². The Morgan fingerprint density at radius 1 is 0.622 bits per heavy atom. The number of rotatable bonds is 15. The van der Waals surface area contributed by atoms with Gasteiger partial charge in [0.1, 0.15) is 17.2 Å². The summed E-state index contributed by atoms with van der Waals surface area (Å²) in [7, 11) is 0. The van der Waals surface area contributed by atoms with Crippen molar-refractivity contribution < 1.29 is 52.4 Å². The molecule has 3 aromatic rings. The van der Waals surface area contributed by atoms with Crippen molar-refractivity contribution in [1.29, 1.82) is 0 Å². The van der Waals surface area contributed by atoms with Gasteiger partial charge in [0.25, 0.3) is 0 Å². The third kappa shape index (κ3) is 12.2. The van der Waals surface area contributed by atoms with Crippen molar-refractivity contribution in [1.82, 2.24) is 0 Å². The van der Waals surface area contributed by atoms with Crippen molar-refractivity contribution in [2.24, 2.45) is 0 Å². The highest BCUT2D eigenvalue weighted by Crippen LogP contribution is 2.21. The molecule has 0 saturated heterocycles. The van der Waals surface area contributed by atoms with E-state index < -0.39 is 30.2 Å². The van der Waals surface area contributed by atoms with Crippen LogP contribution in [0.3, 0.4) is 0 Å². The second kappa shape index (κ2) is 18.1. The third-order valence-electron chi connectivity index (χ3n) is 5.80. The van der Waals surface area contributed by atoms with Gasteiger partial charge in [-0.25, -0.2) is 24.0 Å². The Balaban J connectivity index is 1.40. The number of carbonyl (C=O) groups excluding carboxylic acids is 5. The summed E-state index contributed by atoms with van der Waals surface area (Å²) in [4.78, 5) is 59.6. The predicted molar refractivity (Wildman–Crippen MR) is 161 cm³/mol. The summed E-state index contributed by atoms with van der Waals surface area (Å²) in [5, 5.41) is 2.58. The lowest BCUT2D eigenvalue weighted by Gasteiger charge is -2.09. The normalized spacial score (nSPS) is 10.2. The van der Waals surface area contributed by atoms with E-state index in [2.05, 4.69) is 11.9 Å². The first-order valence-corrected chi connectivity index (χ1v) is 14.1. The third-order valence-corrected chi connectivity index (χ3v) is 5.80. The SMILES string of the molecule is C=CC(=O)OCCCCOC(=O)Oc1ccc(C(=O)Oc2ccc(OC(=O)c3ccc(NC(=O)OCCCC)cc3)cc2)cc1. The largest absolute Gasteiger partial charge is 0.513 e. The molecule has 12 heteroatoms. The zero-order valence-electron chi connectivity index (χ0n) is 24.7. The first-order chi connectivity index (χ1) is 21.8. The summed E-state index contributed by atoms with van der Waals surface area (Å²) >= 11 is 0. The zero-order chi connectivity index (χ0) is 32.4. The molecule has 0 spiro atoms. The molecule has 0 atom stereocenters. The molecule has 3 rings (SSSR count). The molecule has 1 amide bonds. The van der Waals surface area contributed by atoms with Crippen LogP contribution in [0.4, 0.5) is 15.3 Å². The molecular weight excluding hydrogens is 586 g/mol. The average molecular weight is 620 g/mol. The first kappa shape index (κ1) is 33.8. The van der Waals surface area contributed by atoms with E-state index in [4.69, 9.17) is 28.4 Å². The molecule has 236 valence electrons. The van der Waals surface area contributed by atoms with Gasteiger partial charge < -0.3 is 28.4 Å². The number of amides is 1. The second-order valence-electron chi connectivity index (χ2n) is 9.25. The van der Waals surface area contributed by atoms with Crippen molar-refractivity contribution >= 4 is 35.8 Å². The number of anilines is 1. The molecule has 45 heavy (non-hydrogen) atoms. The van der Waals surface area contributed by atoms with Gasteiger partial charge in [-0.15, -0.1) is 0 Å². The van der Waals surface area contributed by atoms with Gasteiger partial charge in [0.05, 0.1) is 30.9 Å². The van der Waals surface area contributed by atoms with Crippen molar-refractivity contribution in [2.75, 3.05) is 25.1 Å². The number of unbranched alkanes of at least 4 members (excludes halogenated alkanes) is 2. The summed E-state index contributed by atoms with van der Waals surface area (Å²) in [6.07, 6.45) is 2.24. The van der Waals surface area contributed by atoms with E-state index >= 15 is 0 Å². The van der Waals surface area contributed by atoms with Gasteiger partial charge in [-0.05, 0) is 92.1 Å². The minimum Gasteiger partial charge on any atom is -0.463 e. The fraction of sp³-hybridized carbons (Fsp3) is 0.242. The summed E-state index contributed by atoms with van der Waals surface area (Å²) in [6, 6.07) is 17.7.